The average molecular weight is 640 g/mol. The van der Waals surface area contributed by atoms with Gasteiger partial charge in [-0.25, -0.2) is 4.79 Å². The van der Waals surface area contributed by atoms with Gasteiger partial charge < -0.3 is 14.2 Å². The number of unbranched alkanes of at least 4 members (excludes halogenated alkanes) is 1. The molecule has 1 atom stereocenters. The van der Waals surface area contributed by atoms with Crippen molar-refractivity contribution < 1.29 is 23.8 Å². The van der Waals surface area contributed by atoms with Gasteiger partial charge in [-0.1, -0.05) is 67.4 Å². The number of ether oxygens (including phenoxy) is 3. The number of carbonyl (C=O) groups is 2. The highest BCUT2D eigenvalue weighted by Gasteiger charge is 2.27. The van der Waals surface area contributed by atoms with E-state index in [0.717, 1.165) is 69.9 Å². The van der Waals surface area contributed by atoms with E-state index in [2.05, 4.69) is 65.6 Å². The minimum absolute atomic E-state index is 0.151. The van der Waals surface area contributed by atoms with Crippen LogP contribution in [0.25, 0.3) is 0 Å². The summed E-state index contributed by atoms with van der Waals surface area (Å²) >= 11 is 0. The van der Waals surface area contributed by atoms with Crippen LogP contribution in [0.4, 0.5) is 0 Å². The first-order chi connectivity index (χ1) is 23.0. The fourth-order valence-electron chi connectivity index (χ4n) is 7.55. The third-order valence-electron chi connectivity index (χ3n) is 10.4. The maximum Gasteiger partial charge on any atom is 0.337 e. The molecule has 0 saturated heterocycles. The van der Waals surface area contributed by atoms with Gasteiger partial charge in [-0.05, 0) is 123 Å². The second-order valence-electron chi connectivity index (χ2n) is 13.5. The van der Waals surface area contributed by atoms with Gasteiger partial charge in [0.15, 0.2) is 0 Å². The maximum absolute atomic E-state index is 12.2. The molecule has 252 valence electrons. The Morgan fingerprint density at radius 1 is 0.787 bits per heavy atom. The Morgan fingerprint density at radius 2 is 1.55 bits per heavy atom. The van der Waals surface area contributed by atoms with Gasteiger partial charge >= 0.3 is 11.9 Å². The van der Waals surface area contributed by atoms with Gasteiger partial charge in [0.05, 0.1) is 26.4 Å². The van der Waals surface area contributed by atoms with Gasteiger partial charge in [-0.15, -0.1) is 0 Å². The normalized spacial score (nSPS) is 19.2. The predicted molar refractivity (Wildman–Crippen MR) is 187 cm³/mol. The van der Waals surface area contributed by atoms with Gasteiger partial charge in [0.2, 0.25) is 0 Å². The van der Waals surface area contributed by atoms with Crippen LogP contribution in [0.1, 0.15) is 103 Å². The predicted octanol–water partition coefficient (Wildman–Crippen LogP) is 8.56. The van der Waals surface area contributed by atoms with Gasteiger partial charge in [0, 0.05) is 19.0 Å². The first kappa shape index (κ1) is 34.7. The standard InChI is InChI=1S/C41H53NO5/c1-45-40(43)17-8-9-27-42(38-15-10-14-35-29-36(41(44)46-2)24-25-37(35)38)28-26-34-13-6-7-16-39(34)47-30-33-22-20-32(21-23-33)19-18-31-11-4-3-5-12-31/h3-7,11-13,16,24-25,29,32-33,38H,8-10,14-15,17-23,26-28,30H2,1-2H3/t32-,33-,38?. The fourth-order valence-corrected chi connectivity index (χ4v) is 7.55. The molecule has 47 heavy (non-hydrogen) atoms. The highest BCUT2D eigenvalue weighted by Crippen LogP contribution is 2.36. The van der Waals surface area contributed by atoms with Crippen LogP contribution < -0.4 is 4.74 Å². The van der Waals surface area contributed by atoms with E-state index in [-0.39, 0.29) is 18.0 Å². The molecule has 0 N–H and O–H groups in total. The Hall–Kier alpha value is -3.64. The molecular weight excluding hydrogens is 586 g/mol. The monoisotopic (exact) mass is 639 g/mol. The Bertz CT molecular complexity index is 1410. The topological polar surface area (TPSA) is 65.1 Å². The number of hydrogen-bond donors (Lipinski definition) is 0. The second-order valence-corrected chi connectivity index (χ2v) is 13.5. The number of methoxy groups -OCH3 is 2. The zero-order valence-corrected chi connectivity index (χ0v) is 28.5. The van der Waals surface area contributed by atoms with Crippen molar-refractivity contribution in [2.45, 2.75) is 89.5 Å². The molecule has 1 saturated carbocycles. The van der Waals surface area contributed by atoms with Crippen LogP contribution in [-0.2, 0) is 33.5 Å². The lowest BCUT2D eigenvalue weighted by Crippen LogP contribution is -2.34. The molecule has 3 aromatic rings. The quantitative estimate of drug-likeness (QED) is 0.116. The molecule has 0 heterocycles. The smallest absolute Gasteiger partial charge is 0.337 e. The zero-order valence-electron chi connectivity index (χ0n) is 28.5. The van der Waals surface area contributed by atoms with E-state index in [4.69, 9.17) is 14.2 Å². The lowest BCUT2D eigenvalue weighted by Gasteiger charge is -2.36. The molecule has 1 unspecified atom stereocenters. The number of rotatable bonds is 16. The van der Waals surface area contributed by atoms with Crippen molar-refractivity contribution in [1.29, 1.82) is 0 Å². The van der Waals surface area contributed by atoms with Crippen molar-refractivity contribution >= 4 is 11.9 Å². The van der Waals surface area contributed by atoms with Crippen LogP contribution in [0, 0.1) is 11.8 Å². The summed E-state index contributed by atoms with van der Waals surface area (Å²) in [5.41, 5.74) is 5.86. The molecular formula is C41H53NO5. The van der Waals surface area contributed by atoms with Crippen molar-refractivity contribution in [2.24, 2.45) is 11.8 Å². The largest absolute Gasteiger partial charge is 0.493 e. The zero-order chi connectivity index (χ0) is 32.8. The van der Waals surface area contributed by atoms with Gasteiger partial charge in [-0.2, -0.15) is 0 Å². The lowest BCUT2D eigenvalue weighted by molar-refractivity contribution is -0.140. The van der Waals surface area contributed by atoms with Crippen molar-refractivity contribution in [3.8, 4) is 5.75 Å². The molecule has 2 aliphatic rings. The molecule has 6 nitrogen and oxygen atoms in total. The Balaban J connectivity index is 1.18. The van der Waals surface area contributed by atoms with Crippen molar-refractivity contribution in [3.05, 3.63) is 101 Å². The summed E-state index contributed by atoms with van der Waals surface area (Å²) in [6, 6.07) is 25.7. The molecule has 6 heteroatoms. The molecule has 0 amide bonds. The summed E-state index contributed by atoms with van der Waals surface area (Å²) in [7, 11) is 2.88. The Labute approximate surface area is 281 Å². The van der Waals surface area contributed by atoms with E-state index in [0.29, 0.717) is 17.9 Å². The van der Waals surface area contributed by atoms with Crippen LogP contribution in [0.2, 0.25) is 0 Å². The van der Waals surface area contributed by atoms with Crippen molar-refractivity contribution in [3.63, 3.8) is 0 Å². The minimum atomic E-state index is -0.290. The van der Waals surface area contributed by atoms with E-state index in [9.17, 15) is 9.59 Å². The average Bonchev–Trinajstić information content (AvgIpc) is 3.13. The van der Waals surface area contributed by atoms with Crippen LogP contribution in [0.5, 0.6) is 5.75 Å². The first-order valence-corrected chi connectivity index (χ1v) is 17.8. The molecule has 0 radical (unpaired) electrons. The highest BCUT2D eigenvalue weighted by atomic mass is 16.5. The highest BCUT2D eigenvalue weighted by molar-refractivity contribution is 5.89. The molecule has 1 fully saturated rings. The summed E-state index contributed by atoms with van der Waals surface area (Å²) in [4.78, 5) is 26.6. The minimum Gasteiger partial charge on any atom is -0.493 e. The molecule has 0 aromatic heterocycles. The number of aryl methyl sites for hydroxylation is 2. The molecule has 5 rings (SSSR count). The number of nitrogens with zero attached hydrogens (tertiary/aromatic N) is 1. The number of fused-ring (bicyclic) bond motifs is 1. The number of esters is 2. The maximum atomic E-state index is 12.2. The molecule has 2 aliphatic carbocycles. The van der Waals surface area contributed by atoms with E-state index in [1.54, 1.807) is 0 Å². The van der Waals surface area contributed by atoms with E-state index in [1.165, 1.54) is 75.0 Å². The van der Waals surface area contributed by atoms with Crippen LogP contribution in [0.3, 0.4) is 0 Å². The Morgan fingerprint density at radius 3 is 2.34 bits per heavy atom. The van der Waals surface area contributed by atoms with Gasteiger partial charge in [0.25, 0.3) is 0 Å². The molecule has 0 spiro atoms. The van der Waals surface area contributed by atoms with Crippen LogP contribution in [-0.4, -0.2) is 50.8 Å². The fraction of sp³-hybridized carbons (Fsp3) is 0.512. The number of hydrogen-bond acceptors (Lipinski definition) is 6. The summed E-state index contributed by atoms with van der Waals surface area (Å²) in [6.45, 7) is 2.59. The van der Waals surface area contributed by atoms with E-state index in [1.807, 2.05) is 12.1 Å². The molecule has 0 aliphatic heterocycles. The SMILES string of the molecule is COC(=O)CCCCN(CCc1ccccc1OC[C@H]1CC[C@H](CCc2ccccc2)CC1)C1CCCc2cc(C(=O)OC)ccc21. The number of carbonyl (C=O) groups excluding carboxylic acids is 2. The van der Waals surface area contributed by atoms with Crippen LogP contribution >= 0.6 is 0 Å². The van der Waals surface area contributed by atoms with Crippen molar-refractivity contribution in [2.75, 3.05) is 33.9 Å². The number of benzene rings is 3. The lowest BCUT2D eigenvalue weighted by atomic mass is 9.80. The third-order valence-corrected chi connectivity index (χ3v) is 10.4. The molecule has 0 bridgehead atoms. The summed E-state index contributed by atoms with van der Waals surface area (Å²) < 4.78 is 16.4. The Kier molecular flexibility index (Phi) is 13.3. The van der Waals surface area contributed by atoms with Gasteiger partial charge in [0.1, 0.15) is 5.75 Å². The van der Waals surface area contributed by atoms with E-state index < -0.39 is 0 Å². The van der Waals surface area contributed by atoms with Crippen LogP contribution in [0.15, 0.2) is 72.8 Å². The second kappa shape index (κ2) is 18.1. The first-order valence-electron chi connectivity index (χ1n) is 17.8. The van der Waals surface area contributed by atoms with Crippen molar-refractivity contribution in [1.82, 2.24) is 4.90 Å². The van der Waals surface area contributed by atoms with E-state index >= 15 is 0 Å². The molecule has 3 aromatic carbocycles. The number of para-hydroxylation sites is 1. The summed E-state index contributed by atoms with van der Waals surface area (Å²) in [5.74, 6) is 2.02. The third kappa shape index (κ3) is 10.2. The summed E-state index contributed by atoms with van der Waals surface area (Å²) in [5, 5.41) is 0. The summed E-state index contributed by atoms with van der Waals surface area (Å²) in [6.07, 6.45) is 13.8. The van der Waals surface area contributed by atoms with Gasteiger partial charge in [-0.3, -0.25) is 9.69 Å².